The Balaban J connectivity index is 1.59. The number of aryl methyl sites for hydroxylation is 2. The largest absolute Gasteiger partial charge is 0.325 e. The molecule has 5 heteroatoms. The van der Waals surface area contributed by atoms with Crippen molar-refractivity contribution in [2.24, 2.45) is 0 Å². The molecule has 2 N–H and O–H groups in total. The quantitative estimate of drug-likeness (QED) is 0.563. The summed E-state index contributed by atoms with van der Waals surface area (Å²) < 4.78 is 0. The molecule has 28 heavy (non-hydrogen) atoms. The van der Waals surface area contributed by atoms with Crippen LogP contribution in [0.5, 0.6) is 0 Å². The van der Waals surface area contributed by atoms with E-state index in [0.29, 0.717) is 17.0 Å². The van der Waals surface area contributed by atoms with E-state index < -0.39 is 0 Å². The van der Waals surface area contributed by atoms with Gasteiger partial charge in [-0.1, -0.05) is 42.5 Å². The Morgan fingerprint density at radius 2 is 1.54 bits per heavy atom. The van der Waals surface area contributed by atoms with Crippen LogP contribution in [-0.2, 0) is 4.79 Å². The Bertz CT molecular complexity index is 1000. The molecule has 142 valence electrons. The SMILES string of the molecule is Cc1ccccc1NC(=O)CSc1cccc(NC(=O)c2ccccc2C)c1. The maximum Gasteiger partial charge on any atom is 0.255 e. The Kier molecular flexibility index (Phi) is 6.50. The molecule has 0 fully saturated rings. The van der Waals surface area contributed by atoms with Crippen LogP contribution in [0.4, 0.5) is 11.4 Å². The molecule has 0 spiro atoms. The van der Waals surface area contributed by atoms with Crippen molar-refractivity contribution in [3.8, 4) is 0 Å². The second-order valence-corrected chi connectivity index (χ2v) is 7.50. The summed E-state index contributed by atoms with van der Waals surface area (Å²) in [6.45, 7) is 3.87. The fourth-order valence-corrected chi connectivity index (χ4v) is 3.49. The number of benzene rings is 3. The van der Waals surface area contributed by atoms with Crippen LogP contribution in [0.1, 0.15) is 21.5 Å². The molecule has 0 aliphatic carbocycles. The summed E-state index contributed by atoms with van der Waals surface area (Å²) in [5.74, 6) is 0.0926. The molecule has 4 nitrogen and oxygen atoms in total. The summed E-state index contributed by atoms with van der Waals surface area (Å²) in [5.41, 5.74) is 4.14. The molecule has 0 aliphatic heterocycles. The normalized spacial score (nSPS) is 10.4. The van der Waals surface area contributed by atoms with Gasteiger partial charge in [0.2, 0.25) is 5.91 Å². The number of amides is 2. The number of carbonyl (C=O) groups excluding carboxylic acids is 2. The predicted octanol–water partition coefficient (Wildman–Crippen LogP) is 5.29. The molecule has 0 radical (unpaired) electrons. The van der Waals surface area contributed by atoms with Crippen LogP contribution in [-0.4, -0.2) is 17.6 Å². The molecule has 3 aromatic carbocycles. The molecule has 0 aromatic heterocycles. The second-order valence-electron chi connectivity index (χ2n) is 6.45. The maximum atomic E-state index is 12.5. The van der Waals surface area contributed by atoms with Crippen molar-refractivity contribution in [2.45, 2.75) is 18.7 Å². The number of rotatable bonds is 6. The fraction of sp³-hybridized carbons (Fsp3) is 0.130. The van der Waals surface area contributed by atoms with E-state index in [-0.39, 0.29) is 11.8 Å². The van der Waals surface area contributed by atoms with Crippen LogP contribution in [0.25, 0.3) is 0 Å². The lowest BCUT2D eigenvalue weighted by atomic mass is 10.1. The summed E-state index contributed by atoms with van der Waals surface area (Å²) in [5, 5.41) is 5.85. The zero-order valence-electron chi connectivity index (χ0n) is 15.9. The molecule has 3 rings (SSSR count). The number of thioether (sulfide) groups is 1. The minimum absolute atomic E-state index is 0.0614. The van der Waals surface area contributed by atoms with Gasteiger partial charge in [0.15, 0.2) is 0 Å². The van der Waals surface area contributed by atoms with E-state index in [9.17, 15) is 9.59 Å². The molecule has 0 atom stereocenters. The van der Waals surface area contributed by atoms with Crippen molar-refractivity contribution in [3.05, 3.63) is 89.5 Å². The molecule has 0 aliphatic rings. The van der Waals surface area contributed by atoms with Crippen molar-refractivity contribution in [3.63, 3.8) is 0 Å². The van der Waals surface area contributed by atoms with Gasteiger partial charge in [-0.15, -0.1) is 11.8 Å². The highest BCUT2D eigenvalue weighted by Gasteiger charge is 2.10. The number of nitrogens with one attached hydrogen (secondary N) is 2. The van der Waals surface area contributed by atoms with Crippen molar-refractivity contribution >= 4 is 35.0 Å². The summed E-state index contributed by atoms with van der Waals surface area (Å²) in [4.78, 5) is 25.6. The van der Waals surface area contributed by atoms with Crippen LogP contribution in [0, 0.1) is 13.8 Å². The van der Waals surface area contributed by atoms with Crippen LogP contribution < -0.4 is 10.6 Å². The van der Waals surface area contributed by atoms with E-state index in [1.807, 2.05) is 80.6 Å². The molecular formula is C23H22N2O2S. The van der Waals surface area contributed by atoms with Gasteiger partial charge in [-0.25, -0.2) is 0 Å². The van der Waals surface area contributed by atoms with Gasteiger partial charge in [0.05, 0.1) is 5.75 Å². The molecule has 3 aromatic rings. The minimum atomic E-state index is -0.141. The van der Waals surface area contributed by atoms with Crippen molar-refractivity contribution in [1.29, 1.82) is 0 Å². The molecular weight excluding hydrogens is 368 g/mol. The highest BCUT2D eigenvalue weighted by atomic mass is 32.2. The average molecular weight is 391 g/mol. The van der Waals surface area contributed by atoms with Crippen LogP contribution >= 0.6 is 11.8 Å². The van der Waals surface area contributed by atoms with Crippen molar-refractivity contribution in [2.75, 3.05) is 16.4 Å². The Morgan fingerprint density at radius 1 is 0.821 bits per heavy atom. The van der Waals surface area contributed by atoms with Crippen LogP contribution in [0.2, 0.25) is 0 Å². The van der Waals surface area contributed by atoms with E-state index in [2.05, 4.69) is 10.6 Å². The van der Waals surface area contributed by atoms with E-state index in [1.165, 1.54) is 11.8 Å². The van der Waals surface area contributed by atoms with Gasteiger partial charge in [-0.3, -0.25) is 9.59 Å². The molecule has 0 heterocycles. The number of hydrogen-bond donors (Lipinski definition) is 2. The minimum Gasteiger partial charge on any atom is -0.325 e. The van der Waals surface area contributed by atoms with Crippen LogP contribution in [0.15, 0.2) is 77.7 Å². The van der Waals surface area contributed by atoms with Crippen molar-refractivity contribution in [1.82, 2.24) is 0 Å². The van der Waals surface area contributed by atoms with Gasteiger partial charge in [-0.05, 0) is 55.3 Å². The Hall–Kier alpha value is -3.05. The van der Waals surface area contributed by atoms with E-state index in [1.54, 1.807) is 6.07 Å². The Labute approximate surface area is 169 Å². The topological polar surface area (TPSA) is 58.2 Å². The third-order valence-corrected chi connectivity index (χ3v) is 5.26. The maximum absolute atomic E-state index is 12.5. The first-order valence-electron chi connectivity index (χ1n) is 8.98. The standard InChI is InChI=1S/C23H22N2O2S/c1-16-8-3-5-12-20(16)23(27)24-18-10-7-11-19(14-18)28-15-22(26)25-21-13-6-4-9-17(21)2/h3-14H,15H2,1-2H3,(H,24,27)(H,25,26). The zero-order chi connectivity index (χ0) is 19.9. The summed E-state index contributed by atoms with van der Waals surface area (Å²) >= 11 is 1.43. The molecule has 0 saturated carbocycles. The van der Waals surface area contributed by atoms with Gasteiger partial charge >= 0.3 is 0 Å². The van der Waals surface area contributed by atoms with Gasteiger partial charge < -0.3 is 10.6 Å². The summed E-state index contributed by atoms with van der Waals surface area (Å²) in [6, 6.07) is 22.7. The molecule has 2 amide bonds. The van der Waals surface area contributed by atoms with Gasteiger partial charge in [0.1, 0.15) is 0 Å². The average Bonchev–Trinajstić information content (AvgIpc) is 2.69. The van der Waals surface area contributed by atoms with Gasteiger partial charge in [0.25, 0.3) is 5.91 Å². The first-order chi connectivity index (χ1) is 13.5. The van der Waals surface area contributed by atoms with E-state index in [0.717, 1.165) is 21.7 Å². The Morgan fingerprint density at radius 3 is 2.29 bits per heavy atom. The number of para-hydroxylation sites is 1. The second kappa shape index (κ2) is 9.24. The zero-order valence-corrected chi connectivity index (χ0v) is 16.7. The third-order valence-electron chi connectivity index (χ3n) is 4.27. The highest BCUT2D eigenvalue weighted by Crippen LogP contribution is 2.23. The smallest absolute Gasteiger partial charge is 0.255 e. The highest BCUT2D eigenvalue weighted by molar-refractivity contribution is 8.00. The van der Waals surface area contributed by atoms with Gasteiger partial charge in [-0.2, -0.15) is 0 Å². The lowest BCUT2D eigenvalue weighted by Crippen LogP contribution is -2.15. The monoisotopic (exact) mass is 390 g/mol. The third kappa shape index (κ3) is 5.24. The lowest BCUT2D eigenvalue weighted by Gasteiger charge is -2.10. The predicted molar refractivity (Wildman–Crippen MR) is 116 cm³/mol. The van der Waals surface area contributed by atoms with E-state index >= 15 is 0 Å². The first-order valence-corrected chi connectivity index (χ1v) is 9.97. The first kappa shape index (κ1) is 19.7. The number of carbonyl (C=O) groups is 2. The van der Waals surface area contributed by atoms with Gasteiger partial charge in [0, 0.05) is 21.8 Å². The lowest BCUT2D eigenvalue weighted by molar-refractivity contribution is -0.113. The number of hydrogen-bond acceptors (Lipinski definition) is 3. The molecule has 0 unspecified atom stereocenters. The summed E-state index contributed by atoms with van der Waals surface area (Å²) in [7, 11) is 0. The summed E-state index contributed by atoms with van der Waals surface area (Å²) in [6.07, 6.45) is 0. The fourth-order valence-electron chi connectivity index (χ4n) is 2.74. The van der Waals surface area contributed by atoms with Crippen LogP contribution in [0.3, 0.4) is 0 Å². The van der Waals surface area contributed by atoms with Crippen molar-refractivity contribution < 1.29 is 9.59 Å². The number of anilines is 2. The molecule has 0 bridgehead atoms. The van der Waals surface area contributed by atoms with E-state index in [4.69, 9.17) is 0 Å². The molecule has 0 saturated heterocycles.